The number of hydrogen-bond donors (Lipinski definition) is 2. The second kappa shape index (κ2) is 11.2. The molecule has 5 atom stereocenters. The van der Waals surface area contributed by atoms with Crippen LogP contribution in [0.3, 0.4) is 0 Å². The second-order valence-corrected chi connectivity index (χ2v) is 8.58. The van der Waals surface area contributed by atoms with Crippen molar-refractivity contribution in [2.75, 3.05) is 19.8 Å². The van der Waals surface area contributed by atoms with Crippen LogP contribution in [0, 0.1) is 17.8 Å². The monoisotopic (exact) mass is 462 g/mol. The molecule has 33 heavy (non-hydrogen) atoms. The van der Waals surface area contributed by atoms with Gasteiger partial charge in [0.1, 0.15) is 30.9 Å². The Hall–Kier alpha value is -3.10. The van der Waals surface area contributed by atoms with E-state index in [0.29, 0.717) is 25.7 Å². The first-order chi connectivity index (χ1) is 15.7. The zero-order chi connectivity index (χ0) is 24.6. The van der Waals surface area contributed by atoms with Crippen LogP contribution >= 0.6 is 0 Å². The standard InChI is InChI=1S/C24H34N2O7/c1-6-11-23(5,21(29)32-14-8-3)25-20(28)24(26-22(30)33-15-9-4)12-10-16-17(18(16)24)19(27)31-13-7-2/h7-9,16-18H,2-4,6,10-15H2,1,5H3,(H,25,28)(H,26,30)/t16-,17-,18-,23?,24-/m0/s1. The molecule has 2 N–H and O–H groups in total. The summed E-state index contributed by atoms with van der Waals surface area (Å²) in [6, 6.07) is 0. The summed E-state index contributed by atoms with van der Waals surface area (Å²) in [6.45, 7) is 14.1. The Morgan fingerprint density at radius 2 is 1.64 bits per heavy atom. The van der Waals surface area contributed by atoms with E-state index in [4.69, 9.17) is 14.2 Å². The van der Waals surface area contributed by atoms with Crippen molar-refractivity contribution < 1.29 is 33.4 Å². The topological polar surface area (TPSA) is 120 Å². The molecule has 0 aromatic heterocycles. The highest BCUT2D eigenvalue weighted by Crippen LogP contribution is 2.63. The van der Waals surface area contributed by atoms with Gasteiger partial charge in [-0.15, -0.1) is 0 Å². The Morgan fingerprint density at radius 1 is 1.03 bits per heavy atom. The predicted octanol–water partition coefficient (Wildman–Crippen LogP) is 2.43. The van der Waals surface area contributed by atoms with Crippen molar-refractivity contribution in [2.24, 2.45) is 17.8 Å². The van der Waals surface area contributed by atoms with E-state index < -0.39 is 46.9 Å². The molecular weight excluding hydrogens is 428 g/mol. The van der Waals surface area contributed by atoms with Crippen molar-refractivity contribution in [3.8, 4) is 0 Å². The number of nitrogens with one attached hydrogen (secondary N) is 2. The zero-order valence-corrected chi connectivity index (χ0v) is 19.4. The molecule has 0 saturated heterocycles. The van der Waals surface area contributed by atoms with Gasteiger partial charge in [0.25, 0.3) is 0 Å². The average Bonchev–Trinajstić information content (AvgIpc) is 3.41. The van der Waals surface area contributed by atoms with Crippen LogP contribution in [0.4, 0.5) is 4.79 Å². The lowest BCUT2D eigenvalue weighted by Crippen LogP contribution is -2.65. The maximum Gasteiger partial charge on any atom is 0.408 e. The lowest BCUT2D eigenvalue weighted by molar-refractivity contribution is -0.153. The largest absolute Gasteiger partial charge is 0.461 e. The number of fused-ring (bicyclic) bond motifs is 1. The van der Waals surface area contributed by atoms with Crippen molar-refractivity contribution >= 4 is 23.9 Å². The van der Waals surface area contributed by atoms with Crippen LogP contribution in [0.1, 0.15) is 39.5 Å². The van der Waals surface area contributed by atoms with Crippen LogP contribution in [-0.2, 0) is 28.6 Å². The molecule has 0 radical (unpaired) electrons. The van der Waals surface area contributed by atoms with Gasteiger partial charge in [0.2, 0.25) is 5.91 Å². The maximum atomic E-state index is 13.7. The van der Waals surface area contributed by atoms with E-state index in [9.17, 15) is 19.2 Å². The van der Waals surface area contributed by atoms with E-state index in [0.717, 1.165) is 0 Å². The van der Waals surface area contributed by atoms with Gasteiger partial charge in [-0.2, -0.15) is 0 Å². The number of rotatable bonds is 13. The van der Waals surface area contributed by atoms with E-state index in [1.54, 1.807) is 6.92 Å². The predicted molar refractivity (Wildman–Crippen MR) is 121 cm³/mol. The Kier molecular flexibility index (Phi) is 8.84. The second-order valence-electron chi connectivity index (χ2n) is 8.58. The van der Waals surface area contributed by atoms with Crippen LogP contribution in [0.5, 0.6) is 0 Å². The molecule has 9 nitrogen and oxygen atoms in total. The summed E-state index contributed by atoms with van der Waals surface area (Å²) in [7, 11) is 0. The zero-order valence-electron chi connectivity index (χ0n) is 19.4. The third-order valence-electron chi connectivity index (χ3n) is 6.21. The van der Waals surface area contributed by atoms with Crippen LogP contribution < -0.4 is 10.6 Å². The summed E-state index contributed by atoms with van der Waals surface area (Å²) in [5.74, 6) is -2.72. The molecule has 0 aromatic carbocycles. The van der Waals surface area contributed by atoms with Gasteiger partial charge in [-0.25, -0.2) is 9.59 Å². The van der Waals surface area contributed by atoms with Gasteiger partial charge in [-0.3, -0.25) is 9.59 Å². The minimum atomic E-state index is -1.42. The van der Waals surface area contributed by atoms with Crippen molar-refractivity contribution in [1.82, 2.24) is 10.6 Å². The number of carbonyl (C=O) groups is 4. The first-order valence-electron chi connectivity index (χ1n) is 11.1. The first-order valence-corrected chi connectivity index (χ1v) is 11.1. The van der Waals surface area contributed by atoms with Crippen molar-refractivity contribution in [3.05, 3.63) is 38.0 Å². The molecule has 182 valence electrons. The van der Waals surface area contributed by atoms with Gasteiger partial charge in [0, 0.05) is 5.92 Å². The number of amides is 2. The number of hydrogen-bond acceptors (Lipinski definition) is 7. The van der Waals surface area contributed by atoms with E-state index in [1.807, 2.05) is 6.92 Å². The number of esters is 2. The molecule has 2 rings (SSSR count). The quantitative estimate of drug-likeness (QED) is 0.245. The fraction of sp³-hybridized carbons (Fsp3) is 0.583. The summed E-state index contributed by atoms with van der Waals surface area (Å²) in [4.78, 5) is 51.4. The third kappa shape index (κ3) is 5.64. The van der Waals surface area contributed by atoms with Crippen molar-refractivity contribution in [2.45, 2.75) is 50.6 Å². The molecule has 0 aliphatic heterocycles. The fourth-order valence-corrected chi connectivity index (χ4v) is 4.72. The van der Waals surface area contributed by atoms with Gasteiger partial charge < -0.3 is 24.8 Å². The summed E-state index contributed by atoms with van der Waals surface area (Å²) in [6.07, 6.45) is 5.27. The van der Waals surface area contributed by atoms with E-state index >= 15 is 0 Å². The Morgan fingerprint density at radius 3 is 2.24 bits per heavy atom. The Bertz CT molecular complexity index is 811. The normalized spacial score (nSPS) is 26.5. The highest BCUT2D eigenvalue weighted by atomic mass is 16.6. The van der Waals surface area contributed by atoms with Crippen LogP contribution in [0.15, 0.2) is 38.0 Å². The van der Waals surface area contributed by atoms with Gasteiger partial charge in [0.05, 0.1) is 5.92 Å². The molecule has 9 heteroatoms. The SMILES string of the molecule is C=CCOC(=O)N[C@@]1(C(=O)NC(C)(CCC)C(=O)OCC=C)CC[C@H]2[C@H](C(=O)OCC=C)[C@H]21. The molecule has 2 aliphatic rings. The molecule has 0 heterocycles. The first kappa shape index (κ1) is 26.2. The molecule has 1 unspecified atom stereocenters. The molecule has 0 bridgehead atoms. The summed E-state index contributed by atoms with van der Waals surface area (Å²) in [5.41, 5.74) is -2.74. The molecule has 0 spiro atoms. The molecule has 2 fully saturated rings. The summed E-state index contributed by atoms with van der Waals surface area (Å²) < 4.78 is 15.4. The Labute approximate surface area is 194 Å². The van der Waals surface area contributed by atoms with Crippen molar-refractivity contribution in [1.29, 1.82) is 0 Å². The highest BCUT2D eigenvalue weighted by Gasteiger charge is 2.72. The van der Waals surface area contributed by atoms with Crippen molar-refractivity contribution in [3.63, 3.8) is 0 Å². The van der Waals surface area contributed by atoms with Gasteiger partial charge >= 0.3 is 18.0 Å². The Balaban J connectivity index is 2.30. The summed E-state index contributed by atoms with van der Waals surface area (Å²) in [5, 5.41) is 5.49. The maximum absolute atomic E-state index is 13.7. The van der Waals surface area contributed by atoms with E-state index in [2.05, 4.69) is 30.4 Å². The van der Waals surface area contributed by atoms with Crippen LogP contribution in [0.2, 0.25) is 0 Å². The molecule has 0 aromatic rings. The third-order valence-corrected chi connectivity index (χ3v) is 6.21. The van der Waals surface area contributed by atoms with Crippen LogP contribution in [0.25, 0.3) is 0 Å². The molecule has 2 amide bonds. The lowest BCUT2D eigenvalue weighted by atomic mass is 9.86. The molecule has 2 aliphatic carbocycles. The number of alkyl carbamates (subject to hydrolysis) is 1. The highest BCUT2D eigenvalue weighted by molar-refractivity contribution is 5.97. The summed E-state index contributed by atoms with van der Waals surface area (Å²) >= 11 is 0. The van der Waals surface area contributed by atoms with E-state index in [1.165, 1.54) is 18.2 Å². The number of ether oxygens (including phenoxy) is 3. The minimum Gasteiger partial charge on any atom is -0.461 e. The smallest absolute Gasteiger partial charge is 0.408 e. The molecular formula is C24H34N2O7. The fourth-order valence-electron chi connectivity index (χ4n) is 4.72. The average molecular weight is 463 g/mol. The van der Waals surface area contributed by atoms with Gasteiger partial charge in [0.15, 0.2) is 0 Å². The van der Waals surface area contributed by atoms with E-state index in [-0.39, 0.29) is 25.7 Å². The lowest BCUT2D eigenvalue weighted by Gasteiger charge is -2.36. The molecule has 2 saturated carbocycles. The van der Waals surface area contributed by atoms with Gasteiger partial charge in [-0.1, -0.05) is 51.3 Å². The van der Waals surface area contributed by atoms with Crippen LogP contribution in [-0.4, -0.2) is 54.8 Å². The minimum absolute atomic E-state index is 0.00714. The van der Waals surface area contributed by atoms with Gasteiger partial charge in [-0.05, 0) is 32.1 Å². The number of carbonyl (C=O) groups excluding carboxylic acids is 4.